The Bertz CT molecular complexity index is 134. The van der Waals surface area contributed by atoms with Crippen molar-refractivity contribution < 1.29 is 8.64 Å². The van der Waals surface area contributed by atoms with E-state index < -0.39 is 0 Å². The van der Waals surface area contributed by atoms with E-state index in [0.29, 0.717) is 0 Å². The Morgan fingerprint density at radius 1 is 1.67 bits per heavy atom. The van der Waals surface area contributed by atoms with Crippen molar-refractivity contribution >= 4 is 43.6 Å². The van der Waals surface area contributed by atoms with Gasteiger partial charge in [-0.2, -0.15) is 0 Å². The van der Waals surface area contributed by atoms with Gasteiger partial charge in [-0.05, 0) is 22.6 Å². The summed E-state index contributed by atoms with van der Waals surface area (Å²) < 4.78 is 9.88. The van der Waals surface area contributed by atoms with Crippen molar-refractivity contribution in [2.24, 2.45) is 0 Å². The van der Waals surface area contributed by atoms with Gasteiger partial charge in [0, 0.05) is 6.07 Å². The van der Waals surface area contributed by atoms with E-state index in [1.165, 1.54) is 0 Å². The molecule has 1 aromatic rings. The molecule has 0 aliphatic heterocycles. The molecule has 0 N–H and O–H groups in total. The Kier molecular flexibility index (Phi) is 6.69. The molecule has 0 amide bonds. The van der Waals surface area contributed by atoms with Crippen LogP contribution < -0.4 is 0 Å². The second-order valence-electron chi connectivity index (χ2n) is 1.23. The highest BCUT2D eigenvalue weighted by atomic mass is 127. The summed E-state index contributed by atoms with van der Waals surface area (Å²) in [5, 5.41) is 3.53. The van der Waals surface area contributed by atoms with Gasteiger partial charge in [-0.25, -0.2) is 0 Å². The molecule has 0 bridgehead atoms. The highest BCUT2D eigenvalue weighted by molar-refractivity contribution is 14.1. The Morgan fingerprint density at radius 3 is 2.33 bits per heavy atom. The summed E-state index contributed by atoms with van der Waals surface area (Å²) in [6, 6.07) is 1.79. The molecule has 3 nitrogen and oxygen atoms in total. The maximum atomic E-state index is 4.53. The zero-order valence-electron chi connectivity index (χ0n) is 5.30. The molecule has 1 rings (SSSR count). The summed E-state index contributed by atoms with van der Waals surface area (Å²) in [4.78, 5) is 0. The predicted molar refractivity (Wildman–Crippen MR) is 50.2 cm³/mol. The average molecular weight is 273 g/mol. The van der Waals surface area contributed by atoms with Crippen molar-refractivity contribution in [1.29, 1.82) is 0 Å². The molecule has 0 atom stereocenters. The minimum absolute atomic E-state index is 0.896. The predicted octanol–water partition coefficient (Wildman–Crippen LogP) is -1.16. The van der Waals surface area contributed by atoms with E-state index in [4.69, 9.17) is 0 Å². The maximum absolute atomic E-state index is 4.53. The summed E-state index contributed by atoms with van der Waals surface area (Å²) in [5.74, 6) is 0. The summed E-state index contributed by atoms with van der Waals surface area (Å²) in [5.41, 5.74) is 0. The Morgan fingerprint density at radius 2 is 2.22 bits per heavy atom. The summed E-state index contributed by atoms with van der Waals surface area (Å²) >= 11 is 2.07. The van der Waals surface area contributed by atoms with Crippen molar-refractivity contribution in [3.05, 3.63) is 16.0 Å². The van der Waals surface area contributed by atoms with Gasteiger partial charge in [-0.3, -0.25) is 0 Å². The molecular formula is C3H8INO2Si2. The van der Waals surface area contributed by atoms with Crippen molar-refractivity contribution in [2.75, 3.05) is 0 Å². The average Bonchev–Trinajstić information content (AvgIpc) is 2.20. The lowest BCUT2D eigenvalue weighted by Gasteiger charge is -1.62. The number of halogens is 1. The van der Waals surface area contributed by atoms with Crippen LogP contribution in [-0.2, 0) is 4.12 Å². The van der Waals surface area contributed by atoms with Gasteiger partial charge in [0.25, 0.3) is 0 Å². The molecule has 52 valence electrons. The first-order chi connectivity index (χ1) is 4.31. The van der Waals surface area contributed by atoms with Gasteiger partial charge in [0.05, 0.1) is 0 Å². The van der Waals surface area contributed by atoms with Crippen LogP contribution in [0, 0.1) is 3.70 Å². The van der Waals surface area contributed by atoms with Crippen molar-refractivity contribution in [2.45, 2.75) is 0 Å². The van der Waals surface area contributed by atoms with E-state index >= 15 is 0 Å². The molecule has 0 aromatic carbocycles. The van der Waals surface area contributed by atoms with E-state index in [1.807, 2.05) is 0 Å². The third-order valence-electron chi connectivity index (χ3n) is 0.406. The van der Waals surface area contributed by atoms with E-state index in [0.717, 1.165) is 24.7 Å². The van der Waals surface area contributed by atoms with Crippen LogP contribution in [0.2, 0.25) is 0 Å². The molecule has 0 saturated carbocycles. The summed E-state index contributed by atoms with van der Waals surface area (Å²) in [6.45, 7) is 0. The number of hydrogen-bond acceptors (Lipinski definition) is 3. The minimum atomic E-state index is 0.896. The normalized spacial score (nSPS) is 8.56. The quantitative estimate of drug-likeness (QED) is 0.442. The van der Waals surface area contributed by atoms with E-state index in [1.54, 1.807) is 12.3 Å². The van der Waals surface area contributed by atoms with Crippen LogP contribution in [-0.4, -0.2) is 26.1 Å². The lowest BCUT2D eigenvalue weighted by molar-refractivity contribution is 0.415. The highest BCUT2D eigenvalue weighted by Crippen LogP contribution is 1.95. The first-order valence-electron chi connectivity index (χ1n) is 2.27. The smallest absolute Gasteiger partial charge is 0.144 e. The molecule has 0 aliphatic rings. The molecule has 1 heterocycles. The molecule has 1 aromatic heterocycles. The Balaban J connectivity index is 0.000000187. The van der Waals surface area contributed by atoms with Crippen molar-refractivity contribution in [3.63, 3.8) is 0 Å². The molecule has 0 radical (unpaired) electrons. The van der Waals surface area contributed by atoms with Crippen LogP contribution in [0.25, 0.3) is 0 Å². The lowest BCUT2D eigenvalue weighted by Crippen LogP contribution is -1.65. The molecule has 0 aliphatic carbocycles. The fourth-order valence-corrected chi connectivity index (χ4v) is 0.458. The standard InChI is InChI=1S/C3H2INO.H6OSi2/c4-3-1-2-6-5-3;2-1-3/h1-2H;2-3H3. The summed E-state index contributed by atoms with van der Waals surface area (Å²) in [6.07, 6.45) is 1.54. The van der Waals surface area contributed by atoms with Crippen molar-refractivity contribution in [3.8, 4) is 0 Å². The van der Waals surface area contributed by atoms with E-state index in [9.17, 15) is 0 Å². The third-order valence-corrected chi connectivity index (χ3v) is 0.963. The molecule has 9 heavy (non-hydrogen) atoms. The topological polar surface area (TPSA) is 35.3 Å². The first kappa shape index (κ1) is 9.33. The second kappa shape index (κ2) is 6.45. The Labute approximate surface area is 73.4 Å². The minimum Gasteiger partial charge on any atom is -0.471 e. The summed E-state index contributed by atoms with van der Waals surface area (Å²) in [7, 11) is 1.86. The molecule has 6 heteroatoms. The first-order valence-corrected chi connectivity index (χ1v) is 4.98. The van der Waals surface area contributed by atoms with Gasteiger partial charge in [-0.1, -0.05) is 5.16 Å². The van der Waals surface area contributed by atoms with Crippen molar-refractivity contribution in [1.82, 2.24) is 5.16 Å². The zero-order chi connectivity index (χ0) is 7.11. The highest BCUT2D eigenvalue weighted by Gasteiger charge is 1.80. The van der Waals surface area contributed by atoms with Gasteiger partial charge in [-0.15, -0.1) is 0 Å². The monoisotopic (exact) mass is 273 g/mol. The number of nitrogens with zero attached hydrogens (tertiary/aromatic N) is 1. The van der Waals surface area contributed by atoms with Crippen LogP contribution in [0.5, 0.6) is 0 Å². The van der Waals surface area contributed by atoms with Crippen LogP contribution in [0.3, 0.4) is 0 Å². The SMILES string of the molecule is Ic1ccon1.[SiH3]O[SiH3]. The maximum Gasteiger partial charge on any atom is 0.144 e. The van der Waals surface area contributed by atoms with Crippen LogP contribution in [0.15, 0.2) is 16.9 Å². The Hall–Kier alpha value is 0.334. The third kappa shape index (κ3) is 6.22. The number of hydrogen-bond donors (Lipinski definition) is 0. The molecule has 0 saturated heterocycles. The zero-order valence-corrected chi connectivity index (χ0v) is 11.5. The van der Waals surface area contributed by atoms with E-state index in [2.05, 4.69) is 36.4 Å². The lowest BCUT2D eigenvalue weighted by atomic mass is 10.8. The molecule has 0 unspecified atom stereocenters. The fraction of sp³-hybridized carbons (Fsp3) is 0. The van der Waals surface area contributed by atoms with Gasteiger partial charge in [0.1, 0.15) is 30.9 Å². The number of aromatic nitrogens is 1. The van der Waals surface area contributed by atoms with Crippen LogP contribution >= 0.6 is 22.6 Å². The van der Waals surface area contributed by atoms with Gasteiger partial charge < -0.3 is 8.64 Å². The largest absolute Gasteiger partial charge is 0.471 e. The van der Waals surface area contributed by atoms with Gasteiger partial charge in [0.2, 0.25) is 0 Å². The van der Waals surface area contributed by atoms with Gasteiger partial charge >= 0.3 is 0 Å². The van der Waals surface area contributed by atoms with Crippen LogP contribution in [0.4, 0.5) is 0 Å². The molecule has 0 fully saturated rings. The van der Waals surface area contributed by atoms with Crippen LogP contribution in [0.1, 0.15) is 0 Å². The number of rotatable bonds is 0. The molecule has 0 spiro atoms. The van der Waals surface area contributed by atoms with Gasteiger partial charge in [0.15, 0.2) is 0 Å². The van der Waals surface area contributed by atoms with E-state index in [-0.39, 0.29) is 0 Å². The second-order valence-corrected chi connectivity index (χ2v) is 5.60. The fourth-order valence-electron chi connectivity index (χ4n) is 0.198. The molecular weight excluding hydrogens is 265 g/mol.